The Kier molecular flexibility index (Phi) is 11.6. The van der Waals surface area contributed by atoms with Gasteiger partial charge in [0.25, 0.3) is 0 Å². The number of aryl methyl sites for hydroxylation is 1. The van der Waals surface area contributed by atoms with Crippen molar-refractivity contribution in [1.82, 2.24) is 0 Å². The fourth-order valence-electron chi connectivity index (χ4n) is 3.98. The number of alkyl halides is 11. The molecule has 0 spiro atoms. The first kappa shape index (κ1) is 37.6. The van der Waals surface area contributed by atoms with Gasteiger partial charge in [-0.1, -0.05) is 38.5 Å². The maximum Gasteiger partial charge on any atom is 0.496 e. The number of ether oxygens (including phenoxy) is 5. The number of unbranched alkanes of at least 4 members (excludes halogenated alkanes) is 2. The SMILES string of the molecule is C=CC(=O)OCC(F)(F)OC(F)(F)OC(F)(F)OC(F)(F)COc1ccc2cc(-c3ccc(CCCCC)cc3C(F)(F)F)oc2c1. The van der Waals surface area contributed by atoms with Crippen molar-refractivity contribution in [3.63, 3.8) is 0 Å². The summed E-state index contributed by atoms with van der Waals surface area (Å²) in [5.74, 6) is -2.26. The molecular weight excluding hydrogens is 669 g/mol. The highest BCUT2D eigenvalue weighted by Crippen LogP contribution is 2.41. The lowest BCUT2D eigenvalue weighted by Gasteiger charge is -2.27. The van der Waals surface area contributed by atoms with Crippen molar-refractivity contribution in [3.05, 3.63) is 66.2 Å². The molecule has 7 nitrogen and oxygen atoms in total. The van der Waals surface area contributed by atoms with Crippen molar-refractivity contribution in [2.75, 3.05) is 13.2 Å². The summed E-state index contributed by atoms with van der Waals surface area (Å²) in [6, 6.07) is 8.11. The summed E-state index contributed by atoms with van der Waals surface area (Å²) in [7, 11) is 0. The normalized spacial score (nSPS) is 13.2. The molecule has 1 aromatic heterocycles. The average Bonchev–Trinajstić information content (AvgIpc) is 3.36. The van der Waals surface area contributed by atoms with Gasteiger partial charge >= 0.3 is 37.0 Å². The summed E-state index contributed by atoms with van der Waals surface area (Å²) >= 11 is 0. The van der Waals surface area contributed by atoms with Crippen LogP contribution in [-0.4, -0.2) is 44.0 Å². The monoisotopic (exact) mass is 694 g/mol. The third-order valence-corrected chi connectivity index (χ3v) is 5.95. The van der Waals surface area contributed by atoms with Crippen molar-refractivity contribution in [2.24, 2.45) is 0 Å². The molecule has 0 aliphatic heterocycles. The Morgan fingerprint density at radius 1 is 0.809 bits per heavy atom. The Labute approximate surface area is 258 Å². The van der Waals surface area contributed by atoms with E-state index in [9.17, 15) is 53.1 Å². The molecule has 0 aliphatic carbocycles. The Morgan fingerprint density at radius 2 is 1.45 bits per heavy atom. The van der Waals surface area contributed by atoms with Crippen LogP contribution in [0.2, 0.25) is 0 Å². The molecule has 0 atom stereocenters. The van der Waals surface area contributed by atoms with Gasteiger partial charge < -0.3 is 13.9 Å². The lowest BCUT2D eigenvalue weighted by atomic mass is 9.98. The summed E-state index contributed by atoms with van der Waals surface area (Å²) in [5, 5.41) is 0.203. The zero-order valence-electron chi connectivity index (χ0n) is 24.1. The van der Waals surface area contributed by atoms with Gasteiger partial charge in [-0.3, -0.25) is 0 Å². The minimum atomic E-state index is -5.95. The molecule has 0 saturated heterocycles. The van der Waals surface area contributed by atoms with Crippen molar-refractivity contribution in [1.29, 1.82) is 0 Å². The molecule has 3 aromatic rings. The van der Waals surface area contributed by atoms with E-state index in [1.807, 2.05) is 6.92 Å². The number of fused-ring (bicyclic) bond motifs is 1. The zero-order valence-corrected chi connectivity index (χ0v) is 24.1. The molecule has 47 heavy (non-hydrogen) atoms. The molecule has 260 valence electrons. The van der Waals surface area contributed by atoms with E-state index in [2.05, 4.69) is 30.3 Å². The summed E-state index contributed by atoms with van der Waals surface area (Å²) in [4.78, 5) is 10.8. The second-order valence-electron chi connectivity index (χ2n) is 9.75. The second kappa shape index (κ2) is 14.5. The van der Waals surface area contributed by atoms with Gasteiger partial charge in [0.05, 0.1) is 5.56 Å². The number of benzene rings is 2. The van der Waals surface area contributed by atoms with Gasteiger partial charge in [-0.25, -0.2) is 19.0 Å². The summed E-state index contributed by atoms with van der Waals surface area (Å²) < 4.78 is 173. The van der Waals surface area contributed by atoms with E-state index in [4.69, 9.17) is 4.42 Å². The number of furan rings is 1. The number of carbonyl (C=O) groups is 1. The van der Waals surface area contributed by atoms with E-state index in [0.717, 1.165) is 31.0 Å². The summed E-state index contributed by atoms with van der Waals surface area (Å²) in [6.45, 7) is 0.492. The van der Waals surface area contributed by atoms with Crippen LogP contribution >= 0.6 is 0 Å². The highest BCUT2D eigenvalue weighted by Gasteiger charge is 2.57. The maximum absolute atomic E-state index is 14.1. The van der Waals surface area contributed by atoms with E-state index in [1.54, 1.807) is 0 Å². The number of rotatable bonds is 17. The van der Waals surface area contributed by atoms with Crippen molar-refractivity contribution >= 4 is 16.9 Å². The standard InChI is InChI=1S/C29H25F11O7/c1-3-5-6-7-17-8-11-20(21(12-17)27(34,35)36)23-13-18-9-10-19(14-22(18)44-23)42-15-25(30,31)45-28(37,38)47-29(39,40)46-26(32,33)16-43-24(41)4-2/h4,8-14H,2-3,5-7,15-16H2,1H3. The van der Waals surface area contributed by atoms with Gasteiger partial charge in [-0.05, 0) is 42.7 Å². The third kappa shape index (κ3) is 11.4. The predicted molar refractivity (Wildman–Crippen MR) is 140 cm³/mol. The van der Waals surface area contributed by atoms with Crippen molar-refractivity contribution in [3.8, 4) is 17.1 Å². The van der Waals surface area contributed by atoms with E-state index >= 15 is 0 Å². The van der Waals surface area contributed by atoms with Crippen LogP contribution in [0.15, 0.2) is 59.5 Å². The molecule has 0 amide bonds. The second-order valence-corrected chi connectivity index (χ2v) is 9.75. The van der Waals surface area contributed by atoms with Gasteiger partial charge in [0.2, 0.25) is 0 Å². The van der Waals surface area contributed by atoms with E-state index in [-0.39, 0.29) is 22.3 Å². The fourth-order valence-corrected chi connectivity index (χ4v) is 3.98. The molecule has 0 bridgehead atoms. The Hall–Kier alpha value is -3.90. The summed E-state index contributed by atoms with van der Waals surface area (Å²) in [6.07, 6.45) is -23.7. The summed E-state index contributed by atoms with van der Waals surface area (Å²) in [5.41, 5.74) is -0.986. The van der Waals surface area contributed by atoms with Crippen LogP contribution in [0.1, 0.15) is 37.3 Å². The van der Waals surface area contributed by atoms with Gasteiger partial charge in [-0.2, -0.15) is 30.7 Å². The molecule has 0 aliphatic rings. The molecule has 0 unspecified atom stereocenters. The Balaban J connectivity index is 1.69. The zero-order chi connectivity index (χ0) is 35.3. The van der Waals surface area contributed by atoms with E-state index < -0.39 is 61.5 Å². The fraction of sp³-hybridized carbons (Fsp3) is 0.414. The quantitative estimate of drug-likeness (QED) is 0.0459. The van der Waals surface area contributed by atoms with E-state index in [1.165, 1.54) is 24.3 Å². The van der Waals surface area contributed by atoms with Crippen LogP contribution in [0.3, 0.4) is 0 Å². The molecule has 2 aromatic carbocycles. The molecule has 1 heterocycles. The lowest BCUT2D eigenvalue weighted by Crippen LogP contribution is -2.46. The first-order valence-electron chi connectivity index (χ1n) is 13.4. The van der Waals surface area contributed by atoms with Crippen molar-refractivity contribution < 1.29 is 81.2 Å². The maximum atomic E-state index is 14.1. The van der Waals surface area contributed by atoms with Crippen LogP contribution in [0.5, 0.6) is 5.75 Å². The average molecular weight is 694 g/mol. The van der Waals surface area contributed by atoms with Crippen LogP contribution in [0, 0.1) is 0 Å². The van der Waals surface area contributed by atoms with Crippen LogP contribution in [-0.2, 0) is 36.3 Å². The number of hydrogen-bond acceptors (Lipinski definition) is 7. The molecule has 0 N–H and O–H groups in total. The molecular formula is C29H25F11O7. The molecule has 0 saturated carbocycles. The largest absolute Gasteiger partial charge is 0.496 e. The van der Waals surface area contributed by atoms with Crippen LogP contribution in [0.25, 0.3) is 22.3 Å². The van der Waals surface area contributed by atoms with Gasteiger partial charge in [-0.15, -0.1) is 17.6 Å². The topological polar surface area (TPSA) is 76.4 Å². The van der Waals surface area contributed by atoms with Crippen molar-refractivity contribution in [2.45, 2.75) is 63.6 Å². The highest BCUT2D eigenvalue weighted by molar-refractivity contribution is 5.84. The van der Waals surface area contributed by atoms with Gasteiger partial charge in [0, 0.05) is 23.1 Å². The molecule has 3 rings (SSSR count). The van der Waals surface area contributed by atoms with Crippen LogP contribution in [0.4, 0.5) is 48.3 Å². The van der Waals surface area contributed by atoms with Crippen LogP contribution < -0.4 is 4.74 Å². The highest BCUT2D eigenvalue weighted by atomic mass is 19.4. The number of carbonyl (C=O) groups excluding carboxylic acids is 1. The smallest absolute Gasteiger partial charge is 0.484 e. The third-order valence-electron chi connectivity index (χ3n) is 5.95. The molecule has 0 radical (unpaired) electrons. The predicted octanol–water partition coefficient (Wildman–Crippen LogP) is 9.30. The Morgan fingerprint density at radius 3 is 2.04 bits per heavy atom. The number of halogens is 11. The Bertz CT molecular complexity index is 1530. The molecule has 18 heteroatoms. The van der Waals surface area contributed by atoms with Gasteiger partial charge in [0.1, 0.15) is 17.1 Å². The van der Waals surface area contributed by atoms with Gasteiger partial charge in [0.15, 0.2) is 13.2 Å². The first-order chi connectivity index (χ1) is 21.6. The molecule has 0 fully saturated rings. The number of esters is 1. The first-order valence-corrected chi connectivity index (χ1v) is 13.4. The minimum absolute atomic E-state index is 0.160. The van der Waals surface area contributed by atoms with E-state index in [0.29, 0.717) is 24.5 Å². The number of hydrogen-bond donors (Lipinski definition) is 0. The minimum Gasteiger partial charge on any atom is -0.484 e. The lowest BCUT2D eigenvalue weighted by molar-refractivity contribution is -0.574.